The van der Waals surface area contributed by atoms with E-state index in [1.165, 1.54) is 0 Å². The Kier molecular flexibility index (Phi) is 6.35. The molecule has 0 saturated heterocycles. The van der Waals surface area contributed by atoms with Crippen LogP contribution in [-0.2, 0) is 6.54 Å². The van der Waals surface area contributed by atoms with E-state index in [1.54, 1.807) is 18.0 Å². The molecule has 0 radical (unpaired) electrons. The Morgan fingerprint density at radius 2 is 2.03 bits per heavy atom. The smallest absolute Gasteiger partial charge is 0.174 e. The molecule has 3 N–H and O–H groups in total. The van der Waals surface area contributed by atoms with Gasteiger partial charge in [-0.15, -0.1) is 0 Å². The number of pyridine rings is 1. The molecule has 3 heterocycles. The molecule has 29 heavy (non-hydrogen) atoms. The second kappa shape index (κ2) is 8.97. The molecule has 9 heteroatoms. The van der Waals surface area contributed by atoms with Gasteiger partial charge in [-0.3, -0.25) is 0 Å². The Labute approximate surface area is 187 Å². The molecule has 0 fully saturated rings. The van der Waals surface area contributed by atoms with Gasteiger partial charge in [0, 0.05) is 27.2 Å². The highest BCUT2D eigenvalue weighted by Gasteiger charge is 2.19. The first kappa shape index (κ1) is 20.5. The van der Waals surface area contributed by atoms with E-state index < -0.39 is 0 Å². The SMILES string of the molecule is CC(C)NCCCn1c(Sc2cc3c(cc2[131I])OCCO3)nc2c(N)nccc21. The van der Waals surface area contributed by atoms with E-state index in [4.69, 9.17) is 20.2 Å². The minimum atomic E-state index is 0.459. The summed E-state index contributed by atoms with van der Waals surface area (Å²) in [7, 11) is 0. The third-order valence-corrected chi connectivity index (χ3v) is 6.88. The van der Waals surface area contributed by atoms with Crippen LogP contribution in [0.5, 0.6) is 11.5 Å². The van der Waals surface area contributed by atoms with Crippen molar-refractivity contribution in [1.29, 1.82) is 0 Å². The molecule has 154 valence electrons. The molecule has 0 unspecified atom stereocenters. The number of benzene rings is 1. The van der Waals surface area contributed by atoms with E-state index in [0.29, 0.717) is 25.1 Å². The van der Waals surface area contributed by atoms with Crippen molar-refractivity contribution in [3.8, 4) is 11.5 Å². The van der Waals surface area contributed by atoms with Crippen LogP contribution >= 0.6 is 34.4 Å². The number of hydrogen-bond donors (Lipinski definition) is 2. The lowest BCUT2D eigenvalue weighted by Gasteiger charge is -2.19. The van der Waals surface area contributed by atoms with Crippen molar-refractivity contribution in [2.45, 2.75) is 42.9 Å². The number of aromatic nitrogens is 3. The van der Waals surface area contributed by atoms with Crippen molar-refractivity contribution < 1.29 is 9.47 Å². The third-order valence-electron chi connectivity index (χ3n) is 4.57. The highest BCUT2D eigenvalue weighted by molar-refractivity contribution is 14.1. The number of nitrogens with one attached hydrogen (secondary N) is 1. The first-order valence-corrected chi connectivity index (χ1v) is 11.5. The predicted octanol–water partition coefficient (Wildman–Crippen LogP) is 3.93. The summed E-state index contributed by atoms with van der Waals surface area (Å²) < 4.78 is 14.8. The van der Waals surface area contributed by atoms with Crippen LogP contribution in [0.15, 0.2) is 34.4 Å². The number of nitrogens with two attached hydrogens (primary N) is 1. The average Bonchev–Trinajstić information content (AvgIpc) is 3.04. The fourth-order valence-electron chi connectivity index (χ4n) is 3.19. The molecule has 0 aliphatic carbocycles. The molecule has 3 aromatic rings. The summed E-state index contributed by atoms with van der Waals surface area (Å²) in [6.07, 6.45) is 2.74. The fourth-order valence-corrected chi connectivity index (χ4v) is 4.92. The van der Waals surface area contributed by atoms with Crippen LogP contribution in [0.25, 0.3) is 11.0 Å². The van der Waals surface area contributed by atoms with Crippen molar-refractivity contribution >= 4 is 51.2 Å². The van der Waals surface area contributed by atoms with Crippen LogP contribution in [-0.4, -0.2) is 40.3 Å². The number of halogens is 1. The monoisotopic (exact) mass is 529 g/mol. The van der Waals surface area contributed by atoms with Gasteiger partial charge in [0.2, 0.25) is 0 Å². The largest absolute Gasteiger partial charge is 0.486 e. The molecular weight excluding hydrogens is 505 g/mol. The van der Waals surface area contributed by atoms with E-state index in [-0.39, 0.29) is 0 Å². The maximum absolute atomic E-state index is 6.10. The fraction of sp³-hybridized carbons (Fsp3) is 0.400. The van der Waals surface area contributed by atoms with Crippen LogP contribution in [0.2, 0.25) is 0 Å². The number of aryl methyl sites for hydroxylation is 1. The Balaban J connectivity index is 1.66. The maximum Gasteiger partial charge on any atom is 0.174 e. The molecule has 0 amide bonds. The Hall–Kier alpha value is -1.72. The second-order valence-electron chi connectivity index (χ2n) is 7.10. The standard InChI is InChI=1S/C20H24IN5O2S/c1-12(2)23-5-3-7-26-14-4-6-24-19(22)18(14)25-20(26)29-17-11-16-15(10-13(17)21)27-8-9-28-16/h4,6,10-12,23H,3,5,7-9H2,1-2H3,(H2,22,24)/i21+4. The average molecular weight is 529 g/mol. The topological polar surface area (TPSA) is 87.2 Å². The van der Waals surface area contributed by atoms with Crippen LogP contribution in [0.3, 0.4) is 0 Å². The number of anilines is 1. The molecule has 0 saturated carbocycles. The van der Waals surface area contributed by atoms with Gasteiger partial charge >= 0.3 is 0 Å². The van der Waals surface area contributed by atoms with Crippen LogP contribution in [0, 0.1) is 3.57 Å². The molecule has 1 aliphatic rings. The van der Waals surface area contributed by atoms with E-state index in [1.807, 2.05) is 18.2 Å². The molecule has 7 nitrogen and oxygen atoms in total. The van der Waals surface area contributed by atoms with Crippen molar-refractivity contribution in [2.24, 2.45) is 0 Å². The molecule has 1 aliphatic heterocycles. The van der Waals surface area contributed by atoms with Crippen LogP contribution < -0.4 is 20.5 Å². The number of fused-ring (bicyclic) bond motifs is 2. The van der Waals surface area contributed by atoms with E-state index in [9.17, 15) is 0 Å². The summed E-state index contributed by atoms with van der Waals surface area (Å²) >= 11 is 3.95. The van der Waals surface area contributed by atoms with Crippen molar-refractivity contribution in [1.82, 2.24) is 19.9 Å². The summed E-state index contributed by atoms with van der Waals surface area (Å²) in [6, 6.07) is 6.51. The van der Waals surface area contributed by atoms with Crippen molar-refractivity contribution in [2.75, 3.05) is 25.5 Å². The van der Waals surface area contributed by atoms with Gasteiger partial charge in [0.1, 0.15) is 18.7 Å². The van der Waals surface area contributed by atoms with Gasteiger partial charge in [-0.1, -0.05) is 25.6 Å². The number of rotatable bonds is 7. The summed E-state index contributed by atoms with van der Waals surface area (Å²) in [5, 5.41) is 4.37. The normalized spacial score (nSPS) is 13.4. The Bertz CT molecular complexity index is 1020. The summed E-state index contributed by atoms with van der Waals surface area (Å²) in [5.74, 6) is 2.04. The summed E-state index contributed by atoms with van der Waals surface area (Å²) in [4.78, 5) is 10.1. The van der Waals surface area contributed by atoms with Crippen LogP contribution in [0.1, 0.15) is 20.3 Å². The highest BCUT2D eigenvalue weighted by atomic mass is 131. The number of nitrogen functional groups attached to an aromatic ring is 1. The first-order chi connectivity index (χ1) is 14.0. The summed E-state index contributed by atoms with van der Waals surface area (Å²) in [6.45, 7) is 7.27. The van der Waals surface area contributed by atoms with E-state index in [2.05, 4.69) is 51.3 Å². The maximum atomic E-state index is 6.10. The summed E-state index contributed by atoms with van der Waals surface area (Å²) in [5.41, 5.74) is 7.86. The van der Waals surface area contributed by atoms with E-state index in [0.717, 1.165) is 55.7 Å². The predicted molar refractivity (Wildman–Crippen MR) is 124 cm³/mol. The van der Waals surface area contributed by atoms with Gasteiger partial charge in [-0.05, 0) is 53.8 Å². The zero-order valence-corrected chi connectivity index (χ0v) is 19.4. The number of hydrogen-bond acceptors (Lipinski definition) is 7. The number of nitrogens with zero attached hydrogens (tertiary/aromatic N) is 3. The molecule has 1 aromatic carbocycles. The van der Waals surface area contributed by atoms with Crippen molar-refractivity contribution in [3.05, 3.63) is 28.0 Å². The molecule has 4 rings (SSSR count). The molecular formula is C20H24IN5O2S. The number of imidazole rings is 1. The molecule has 0 atom stereocenters. The van der Waals surface area contributed by atoms with Gasteiger partial charge in [0.15, 0.2) is 22.5 Å². The quantitative estimate of drug-likeness (QED) is 0.354. The molecule has 2 aromatic heterocycles. The van der Waals surface area contributed by atoms with Crippen LogP contribution in [0.4, 0.5) is 5.82 Å². The Morgan fingerprint density at radius 3 is 2.79 bits per heavy atom. The lowest BCUT2D eigenvalue weighted by molar-refractivity contribution is 0.171. The highest BCUT2D eigenvalue weighted by Crippen LogP contribution is 2.41. The van der Waals surface area contributed by atoms with Gasteiger partial charge in [-0.2, -0.15) is 0 Å². The zero-order chi connectivity index (χ0) is 20.4. The van der Waals surface area contributed by atoms with E-state index >= 15 is 0 Å². The van der Waals surface area contributed by atoms with Gasteiger partial charge in [-0.25, -0.2) is 9.97 Å². The lowest BCUT2D eigenvalue weighted by Crippen LogP contribution is -2.24. The van der Waals surface area contributed by atoms with Gasteiger partial charge < -0.3 is 25.1 Å². The van der Waals surface area contributed by atoms with Crippen molar-refractivity contribution in [3.63, 3.8) is 0 Å². The number of ether oxygens (including phenoxy) is 2. The lowest BCUT2D eigenvalue weighted by atomic mass is 10.3. The Morgan fingerprint density at radius 1 is 1.28 bits per heavy atom. The molecule has 0 spiro atoms. The third kappa shape index (κ3) is 4.56. The van der Waals surface area contributed by atoms with Gasteiger partial charge in [0.05, 0.1) is 5.52 Å². The first-order valence-electron chi connectivity index (χ1n) is 9.64. The minimum Gasteiger partial charge on any atom is -0.486 e. The van der Waals surface area contributed by atoms with Gasteiger partial charge in [0.25, 0.3) is 0 Å². The second-order valence-corrected chi connectivity index (χ2v) is 9.27. The molecule has 0 bridgehead atoms. The zero-order valence-electron chi connectivity index (χ0n) is 16.4. The minimum absolute atomic E-state index is 0.459.